The van der Waals surface area contributed by atoms with E-state index in [1.807, 2.05) is 9.47 Å². The molecule has 1 unspecified atom stereocenters. The van der Waals surface area contributed by atoms with Gasteiger partial charge in [0.25, 0.3) is 0 Å². The van der Waals surface area contributed by atoms with Crippen LogP contribution in [0.1, 0.15) is 38.6 Å². The SMILES string of the molecule is CC(C)n1cnnc1CCNC(=O)CN1CCCC(O)C1. The minimum Gasteiger partial charge on any atom is -0.392 e. The minimum absolute atomic E-state index is 0.000266. The van der Waals surface area contributed by atoms with Gasteiger partial charge in [-0.1, -0.05) is 0 Å². The summed E-state index contributed by atoms with van der Waals surface area (Å²) >= 11 is 0. The largest absolute Gasteiger partial charge is 0.392 e. The van der Waals surface area contributed by atoms with Crippen LogP contribution in [0.25, 0.3) is 0 Å². The second-order valence-corrected chi connectivity index (χ2v) is 5.88. The number of piperidine rings is 1. The van der Waals surface area contributed by atoms with Gasteiger partial charge in [0.2, 0.25) is 5.91 Å². The van der Waals surface area contributed by atoms with Crippen molar-refractivity contribution >= 4 is 5.91 Å². The first-order chi connectivity index (χ1) is 10.1. The highest BCUT2D eigenvalue weighted by molar-refractivity contribution is 5.78. The summed E-state index contributed by atoms with van der Waals surface area (Å²) < 4.78 is 2.01. The van der Waals surface area contributed by atoms with Crippen LogP contribution < -0.4 is 5.32 Å². The van der Waals surface area contributed by atoms with Crippen LogP contribution in [-0.4, -0.2) is 63.0 Å². The molecule has 1 aliphatic heterocycles. The summed E-state index contributed by atoms with van der Waals surface area (Å²) in [5.41, 5.74) is 0. The number of hydrogen-bond donors (Lipinski definition) is 2. The number of likely N-dealkylation sites (tertiary alicyclic amines) is 1. The van der Waals surface area contributed by atoms with Crippen molar-refractivity contribution < 1.29 is 9.90 Å². The maximum Gasteiger partial charge on any atom is 0.234 e. The van der Waals surface area contributed by atoms with E-state index >= 15 is 0 Å². The van der Waals surface area contributed by atoms with Crippen molar-refractivity contribution in [3.8, 4) is 0 Å². The molecule has 118 valence electrons. The fourth-order valence-electron chi connectivity index (χ4n) is 2.62. The number of β-amino-alcohol motifs (C(OH)–C–C–N with tert-alkyl or cyclic N) is 1. The smallest absolute Gasteiger partial charge is 0.234 e. The van der Waals surface area contributed by atoms with E-state index in [4.69, 9.17) is 0 Å². The van der Waals surface area contributed by atoms with Crippen LogP contribution in [0.15, 0.2) is 6.33 Å². The van der Waals surface area contributed by atoms with Crippen molar-refractivity contribution in [2.45, 2.75) is 45.3 Å². The molecule has 0 aliphatic carbocycles. The van der Waals surface area contributed by atoms with Crippen LogP contribution in [0, 0.1) is 0 Å². The summed E-state index contributed by atoms with van der Waals surface area (Å²) in [5.74, 6) is 0.887. The lowest BCUT2D eigenvalue weighted by molar-refractivity contribution is -0.122. The van der Waals surface area contributed by atoms with E-state index in [2.05, 4.69) is 29.4 Å². The summed E-state index contributed by atoms with van der Waals surface area (Å²) in [4.78, 5) is 13.9. The first-order valence-corrected chi connectivity index (χ1v) is 7.61. The summed E-state index contributed by atoms with van der Waals surface area (Å²) in [6.07, 6.45) is 3.88. The normalized spacial score (nSPS) is 19.9. The molecule has 1 saturated heterocycles. The second kappa shape index (κ2) is 7.51. The van der Waals surface area contributed by atoms with E-state index < -0.39 is 0 Å². The molecule has 2 rings (SSSR count). The van der Waals surface area contributed by atoms with Gasteiger partial charge in [-0.15, -0.1) is 10.2 Å². The molecule has 7 heteroatoms. The Kier molecular flexibility index (Phi) is 5.69. The Morgan fingerprint density at radius 2 is 2.38 bits per heavy atom. The molecule has 0 bridgehead atoms. The van der Waals surface area contributed by atoms with Crippen LogP contribution in [-0.2, 0) is 11.2 Å². The third kappa shape index (κ3) is 4.78. The van der Waals surface area contributed by atoms with Crippen molar-refractivity contribution in [1.82, 2.24) is 25.0 Å². The van der Waals surface area contributed by atoms with Crippen LogP contribution in [0.2, 0.25) is 0 Å². The minimum atomic E-state index is -0.295. The van der Waals surface area contributed by atoms with Crippen molar-refractivity contribution in [3.05, 3.63) is 12.2 Å². The molecule has 1 fully saturated rings. The maximum atomic E-state index is 11.9. The molecule has 0 spiro atoms. The summed E-state index contributed by atoms with van der Waals surface area (Å²) in [7, 11) is 0. The molecule has 2 heterocycles. The summed E-state index contributed by atoms with van der Waals surface area (Å²) in [5, 5.41) is 20.5. The highest BCUT2D eigenvalue weighted by atomic mass is 16.3. The number of aliphatic hydroxyl groups is 1. The average molecular weight is 295 g/mol. The van der Waals surface area contributed by atoms with Gasteiger partial charge in [-0.25, -0.2) is 0 Å². The maximum absolute atomic E-state index is 11.9. The van der Waals surface area contributed by atoms with E-state index in [1.54, 1.807) is 6.33 Å². The number of carbonyl (C=O) groups is 1. The zero-order valence-electron chi connectivity index (χ0n) is 12.8. The van der Waals surface area contributed by atoms with Crippen LogP contribution in [0.5, 0.6) is 0 Å². The van der Waals surface area contributed by atoms with Gasteiger partial charge in [-0.2, -0.15) is 0 Å². The monoisotopic (exact) mass is 295 g/mol. The molecule has 1 atom stereocenters. The second-order valence-electron chi connectivity index (χ2n) is 5.88. The van der Waals surface area contributed by atoms with E-state index in [9.17, 15) is 9.90 Å². The number of nitrogens with one attached hydrogen (secondary N) is 1. The van der Waals surface area contributed by atoms with Gasteiger partial charge < -0.3 is 15.0 Å². The van der Waals surface area contributed by atoms with Gasteiger partial charge in [-0.05, 0) is 33.2 Å². The number of aliphatic hydroxyl groups excluding tert-OH is 1. The topological polar surface area (TPSA) is 83.3 Å². The number of aromatic nitrogens is 3. The predicted octanol–water partition coefficient (Wildman–Crippen LogP) is -0.0256. The highest BCUT2D eigenvalue weighted by Gasteiger charge is 2.19. The molecule has 7 nitrogen and oxygen atoms in total. The average Bonchev–Trinajstić information content (AvgIpc) is 2.87. The lowest BCUT2D eigenvalue weighted by atomic mass is 10.1. The molecular weight excluding hydrogens is 270 g/mol. The zero-order chi connectivity index (χ0) is 15.2. The number of carbonyl (C=O) groups excluding carboxylic acids is 1. The zero-order valence-corrected chi connectivity index (χ0v) is 12.8. The molecule has 2 N–H and O–H groups in total. The number of rotatable bonds is 6. The van der Waals surface area contributed by atoms with Gasteiger partial charge in [0.1, 0.15) is 12.2 Å². The molecule has 1 aromatic heterocycles. The standard InChI is InChI=1S/C14H25N5O2/c1-11(2)19-10-16-17-13(19)5-6-15-14(21)9-18-7-3-4-12(20)8-18/h10-12,20H,3-9H2,1-2H3,(H,15,21). The van der Waals surface area contributed by atoms with Crippen molar-refractivity contribution in [3.63, 3.8) is 0 Å². The van der Waals surface area contributed by atoms with E-state index in [1.165, 1.54) is 0 Å². The van der Waals surface area contributed by atoms with Gasteiger partial charge in [0, 0.05) is 25.6 Å². The van der Waals surface area contributed by atoms with Crippen LogP contribution >= 0.6 is 0 Å². The summed E-state index contributed by atoms with van der Waals surface area (Å²) in [6, 6.07) is 0.320. The van der Waals surface area contributed by atoms with E-state index in [0.717, 1.165) is 25.2 Å². The van der Waals surface area contributed by atoms with E-state index in [-0.39, 0.29) is 12.0 Å². The quantitative estimate of drug-likeness (QED) is 0.770. The number of amides is 1. The molecular formula is C14H25N5O2. The fraction of sp³-hybridized carbons (Fsp3) is 0.786. The Morgan fingerprint density at radius 1 is 1.57 bits per heavy atom. The fourth-order valence-corrected chi connectivity index (χ4v) is 2.62. The van der Waals surface area contributed by atoms with Gasteiger partial charge in [-0.3, -0.25) is 9.69 Å². The molecule has 0 aromatic carbocycles. The Hall–Kier alpha value is -1.47. The van der Waals surface area contributed by atoms with Crippen molar-refractivity contribution in [1.29, 1.82) is 0 Å². The Labute approximate surface area is 125 Å². The number of nitrogens with zero attached hydrogens (tertiary/aromatic N) is 4. The molecule has 0 saturated carbocycles. The van der Waals surface area contributed by atoms with E-state index in [0.29, 0.717) is 32.1 Å². The predicted molar refractivity (Wildman–Crippen MR) is 78.8 cm³/mol. The lowest BCUT2D eigenvalue weighted by Gasteiger charge is -2.29. The Bertz CT molecular complexity index is 460. The lowest BCUT2D eigenvalue weighted by Crippen LogP contribution is -2.44. The first-order valence-electron chi connectivity index (χ1n) is 7.61. The molecule has 1 amide bonds. The van der Waals surface area contributed by atoms with Crippen LogP contribution in [0.3, 0.4) is 0 Å². The van der Waals surface area contributed by atoms with Gasteiger partial charge in [0.05, 0.1) is 12.6 Å². The molecule has 21 heavy (non-hydrogen) atoms. The molecule has 1 aliphatic rings. The third-order valence-corrected chi connectivity index (χ3v) is 3.72. The molecule has 0 radical (unpaired) electrons. The van der Waals surface area contributed by atoms with Gasteiger partial charge >= 0.3 is 0 Å². The van der Waals surface area contributed by atoms with Gasteiger partial charge in [0.15, 0.2) is 0 Å². The van der Waals surface area contributed by atoms with Crippen molar-refractivity contribution in [2.24, 2.45) is 0 Å². The highest BCUT2D eigenvalue weighted by Crippen LogP contribution is 2.09. The molecule has 1 aromatic rings. The Morgan fingerprint density at radius 3 is 3.10 bits per heavy atom. The van der Waals surface area contributed by atoms with Crippen LogP contribution in [0.4, 0.5) is 0 Å². The first kappa shape index (κ1) is 15.9. The van der Waals surface area contributed by atoms with Crippen molar-refractivity contribution in [2.75, 3.05) is 26.2 Å². The number of hydrogen-bond acceptors (Lipinski definition) is 5. The summed E-state index contributed by atoms with van der Waals surface area (Å²) in [6.45, 7) is 6.54. The third-order valence-electron chi connectivity index (χ3n) is 3.72. The Balaban J connectivity index is 1.70.